The van der Waals surface area contributed by atoms with Crippen molar-refractivity contribution in [2.75, 3.05) is 13.2 Å². The van der Waals surface area contributed by atoms with Crippen LogP contribution in [0.1, 0.15) is 19.3 Å². The minimum absolute atomic E-state index is 0.116. The van der Waals surface area contributed by atoms with Crippen molar-refractivity contribution in [1.29, 1.82) is 0 Å². The molecule has 0 N–H and O–H groups in total. The molecule has 0 aliphatic carbocycles. The van der Waals surface area contributed by atoms with Crippen LogP contribution >= 0.6 is 0 Å². The molecule has 0 spiro atoms. The van der Waals surface area contributed by atoms with Crippen molar-refractivity contribution < 1.29 is 14.2 Å². The van der Waals surface area contributed by atoms with Gasteiger partial charge in [0.15, 0.2) is 6.29 Å². The van der Waals surface area contributed by atoms with Crippen LogP contribution in [-0.4, -0.2) is 19.5 Å². The summed E-state index contributed by atoms with van der Waals surface area (Å²) in [5.41, 5.74) is 0.894. The Morgan fingerprint density at radius 1 is 1.24 bits per heavy atom. The Balaban J connectivity index is 1.79. The van der Waals surface area contributed by atoms with E-state index in [-0.39, 0.29) is 6.29 Å². The SMILES string of the molecule is C=C/C=C\C(=C)COc1ccc(OC2CCCCO2)cc1. The maximum absolute atomic E-state index is 5.77. The molecule has 1 saturated heterocycles. The first-order valence-corrected chi connectivity index (χ1v) is 7.26. The second-order valence-electron chi connectivity index (χ2n) is 4.93. The first kappa shape index (κ1) is 15.4. The third-order valence-electron chi connectivity index (χ3n) is 3.12. The molecule has 1 heterocycles. The number of rotatable bonds is 7. The summed E-state index contributed by atoms with van der Waals surface area (Å²) in [5.74, 6) is 1.60. The Morgan fingerprint density at radius 2 is 2.00 bits per heavy atom. The van der Waals surface area contributed by atoms with Gasteiger partial charge in [-0.05, 0) is 42.7 Å². The standard InChI is InChI=1S/C18H22O3/c1-3-4-7-15(2)14-20-16-9-11-17(12-10-16)21-18-8-5-6-13-19-18/h3-4,7,9-12,18H,1-2,5-6,8,13-14H2/b7-4-. The molecule has 0 saturated carbocycles. The van der Waals surface area contributed by atoms with Crippen LogP contribution in [0.3, 0.4) is 0 Å². The Morgan fingerprint density at radius 3 is 2.67 bits per heavy atom. The van der Waals surface area contributed by atoms with Crippen LogP contribution < -0.4 is 9.47 Å². The smallest absolute Gasteiger partial charge is 0.199 e. The van der Waals surface area contributed by atoms with Crippen LogP contribution in [0, 0.1) is 0 Å². The van der Waals surface area contributed by atoms with Gasteiger partial charge in [0.1, 0.15) is 18.1 Å². The van der Waals surface area contributed by atoms with Crippen molar-refractivity contribution in [3.63, 3.8) is 0 Å². The fourth-order valence-corrected chi connectivity index (χ4v) is 2.00. The molecule has 0 radical (unpaired) electrons. The first-order valence-electron chi connectivity index (χ1n) is 7.26. The van der Waals surface area contributed by atoms with Gasteiger partial charge >= 0.3 is 0 Å². The predicted molar refractivity (Wildman–Crippen MR) is 84.6 cm³/mol. The zero-order chi connectivity index (χ0) is 14.9. The molecule has 1 aliphatic heterocycles. The topological polar surface area (TPSA) is 27.7 Å². The average molecular weight is 286 g/mol. The molecule has 0 bridgehead atoms. The number of benzene rings is 1. The summed E-state index contributed by atoms with van der Waals surface area (Å²) < 4.78 is 17.0. The van der Waals surface area contributed by atoms with Crippen molar-refractivity contribution in [2.24, 2.45) is 0 Å². The van der Waals surface area contributed by atoms with Gasteiger partial charge in [0, 0.05) is 6.42 Å². The molecule has 1 aliphatic rings. The number of allylic oxidation sites excluding steroid dienone is 2. The summed E-state index contributed by atoms with van der Waals surface area (Å²) in [6, 6.07) is 7.58. The highest BCUT2D eigenvalue weighted by Gasteiger charge is 2.14. The highest BCUT2D eigenvalue weighted by Crippen LogP contribution is 2.22. The molecule has 2 rings (SSSR count). The van der Waals surface area contributed by atoms with E-state index < -0.39 is 0 Å². The van der Waals surface area contributed by atoms with Gasteiger partial charge in [-0.3, -0.25) is 0 Å². The maximum Gasteiger partial charge on any atom is 0.199 e. The lowest BCUT2D eigenvalue weighted by molar-refractivity contribution is -0.105. The second kappa shape index (κ2) is 8.32. The monoisotopic (exact) mass is 286 g/mol. The second-order valence-corrected chi connectivity index (χ2v) is 4.93. The van der Waals surface area contributed by atoms with Crippen LogP contribution in [0.25, 0.3) is 0 Å². The molecule has 112 valence electrons. The average Bonchev–Trinajstić information content (AvgIpc) is 2.53. The summed E-state index contributed by atoms with van der Waals surface area (Å²) in [6.07, 6.45) is 8.55. The first-order chi connectivity index (χ1) is 10.3. The van der Waals surface area contributed by atoms with Crippen molar-refractivity contribution in [3.8, 4) is 11.5 Å². The summed E-state index contributed by atoms with van der Waals surface area (Å²) in [5, 5.41) is 0. The lowest BCUT2D eigenvalue weighted by Gasteiger charge is -2.23. The van der Waals surface area contributed by atoms with Crippen molar-refractivity contribution >= 4 is 0 Å². The third-order valence-corrected chi connectivity index (χ3v) is 3.12. The van der Waals surface area contributed by atoms with E-state index in [1.165, 1.54) is 0 Å². The molecule has 1 unspecified atom stereocenters. The van der Waals surface area contributed by atoms with Crippen molar-refractivity contribution in [2.45, 2.75) is 25.6 Å². The van der Waals surface area contributed by atoms with E-state index >= 15 is 0 Å². The molecule has 1 aromatic rings. The van der Waals surface area contributed by atoms with Crippen LogP contribution in [0.15, 0.2) is 61.2 Å². The van der Waals surface area contributed by atoms with E-state index in [0.717, 1.165) is 42.9 Å². The zero-order valence-electron chi connectivity index (χ0n) is 12.3. The Hall–Kier alpha value is -2.00. The molecule has 0 aromatic heterocycles. The van der Waals surface area contributed by atoms with Crippen molar-refractivity contribution in [1.82, 2.24) is 0 Å². The Labute approximate surface area is 126 Å². The molecular weight excluding hydrogens is 264 g/mol. The van der Waals surface area contributed by atoms with Gasteiger partial charge in [0.05, 0.1) is 6.61 Å². The van der Waals surface area contributed by atoms with Gasteiger partial charge in [0.25, 0.3) is 0 Å². The lowest BCUT2D eigenvalue weighted by Crippen LogP contribution is -2.24. The van der Waals surface area contributed by atoms with Gasteiger partial charge in [-0.1, -0.05) is 31.4 Å². The fourth-order valence-electron chi connectivity index (χ4n) is 2.00. The Bertz CT molecular complexity index is 482. The van der Waals surface area contributed by atoms with Gasteiger partial charge in [-0.2, -0.15) is 0 Å². The molecule has 21 heavy (non-hydrogen) atoms. The molecule has 1 fully saturated rings. The normalized spacial score (nSPS) is 18.4. The van der Waals surface area contributed by atoms with Gasteiger partial charge in [-0.15, -0.1) is 0 Å². The molecule has 3 nitrogen and oxygen atoms in total. The highest BCUT2D eigenvalue weighted by atomic mass is 16.7. The largest absolute Gasteiger partial charge is 0.489 e. The number of hydrogen-bond donors (Lipinski definition) is 0. The molecule has 3 heteroatoms. The number of hydrogen-bond acceptors (Lipinski definition) is 3. The quantitative estimate of drug-likeness (QED) is 0.701. The molecule has 1 atom stereocenters. The van der Waals surface area contributed by atoms with Crippen LogP contribution in [0.5, 0.6) is 11.5 Å². The molecule has 1 aromatic carbocycles. The van der Waals surface area contributed by atoms with Gasteiger partial charge in [-0.25, -0.2) is 0 Å². The van der Waals surface area contributed by atoms with Crippen LogP contribution in [0.4, 0.5) is 0 Å². The van der Waals surface area contributed by atoms with Gasteiger partial charge in [0.2, 0.25) is 0 Å². The van der Waals surface area contributed by atoms with E-state index in [1.807, 2.05) is 36.4 Å². The van der Waals surface area contributed by atoms with Crippen LogP contribution in [-0.2, 0) is 4.74 Å². The van der Waals surface area contributed by atoms with E-state index in [4.69, 9.17) is 14.2 Å². The minimum atomic E-state index is -0.116. The van der Waals surface area contributed by atoms with E-state index in [2.05, 4.69) is 13.2 Å². The minimum Gasteiger partial charge on any atom is -0.489 e. The summed E-state index contributed by atoms with van der Waals surface area (Å²) >= 11 is 0. The predicted octanol–water partition coefficient (Wildman–Crippen LogP) is 4.27. The highest BCUT2D eigenvalue weighted by molar-refractivity contribution is 5.32. The fraction of sp³-hybridized carbons (Fsp3) is 0.333. The van der Waals surface area contributed by atoms with E-state index in [9.17, 15) is 0 Å². The van der Waals surface area contributed by atoms with Crippen LogP contribution in [0.2, 0.25) is 0 Å². The molecule has 0 amide bonds. The lowest BCUT2D eigenvalue weighted by atomic mass is 10.2. The Kier molecular flexibility index (Phi) is 6.10. The summed E-state index contributed by atoms with van der Waals surface area (Å²) in [7, 11) is 0. The van der Waals surface area contributed by atoms with E-state index in [1.54, 1.807) is 6.08 Å². The maximum atomic E-state index is 5.77. The third kappa shape index (κ3) is 5.48. The number of ether oxygens (including phenoxy) is 3. The van der Waals surface area contributed by atoms with Crippen molar-refractivity contribution in [3.05, 3.63) is 61.2 Å². The summed E-state index contributed by atoms with van der Waals surface area (Å²) in [6.45, 7) is 8.76. The van der Waals surface area contributed by atoms with Gasteiger partial charge < -0.3 is 14.2 Å². The summed E-state index contributed by atoms with van der Waals surface area (Å²) in [4.78, 5) is 0. The zero-order valence-corrected chi connectivity index (χ0v) is 12.3. The van der Waals surface area contributed by atoms with E-state index in [0.29, 0.717) is 6.61 Å². The molecular formula is C18H22O3.